The first-order valence-electron chi connectivity index (χ1n) is 5.46. The molecule has 0 heteroatoms. The smallest absolute Gasteiger partial charge is 0.0231 e. The monoisotopic (exact) mass is 166 g/mol. The largest absolute Gasteiger partial charge is 0.0853 e. The lowest BCUT2D eigenvalue weighted by molar-refractivity contribution is 0.354. The van der Waals surface area contributed by atoms with Crippen molar-refractivity contribution < 1.29 is 0 Å². The van der Waals surface area contributed by atoms with Gasteiger partial charge in [-0.25, -0.2) is 0 Å². The van der Waals surface area contributed by atoms with Crippen molar-refractivity contribution >= 4 is 0 Å². The quantitative estimate of drug-likeness (QED) is 0.540. The van der Waals surface area contributed by atoms with Crippen LogP contribution in [0.5, 0.6) is 0 Å². The third-order valence-corrected chi connectivity index (χ3v) is 3.21. The second-order valence-electron chi connectivity index (χ2n) is 4.14. The van der Waals surface area contributed by atoms with E-state index in [0.29, 0.717) is 0 Å². The normalized spacial score (nSPS) is 34.1. The molecule has 0 aliphatic heterocycles. The molecule has 2 unspecified atom stereocenters. The minimum absolute atomic E-state index is 0.868. The van der Waals surface area contributed by atoms with Crippen molar-refractivity contribution in [3.63, 3.8) is 0 Å². The molecule has 0 saturated heterocycles. The second kappa shape index (κ2) is 4.69. The molecule has 1 fully saturated rings. The first-order valence-corrected chi connectivity index (χ1v) is 5.46. The van der Waals surface area contributed by atoms with Crippen LogP contribution < -0.4 is 0 Å². The van der Waals surface area contributed by atoms with Gasteiger partial charge >= 0.3 is 0 Å². The van der Waals surface area contributed by atoms with Crippen LogP contribution in [-0.4, -0.2) is 0 Å². The summed E-state index contributed by atoms with van der Waals surface area (Å²) in [5.41, 5.74) is 1.73. The summed E-state index contributed by atoms with van der Waals surface area (Å²) in [6, 6.07) is 0. The molecule has 0 heterocycles. The zero-order chi connectivity index (χ0) is 8.97. The maximum Gasteiger partial charge on any atom is -0.0231 e. The van der Waals surface area contributed by atoms with Crippen LogP contribution >= 0.6 is 0 Å². The molecule has 1 saturated carbocycles. The molecule has 1 rings (SSSR count). The lowest BCUT2D eigenvalue weighted by atomic mass is 9.78. The molecular formula is C12H22. The van der Waals surface area contributed by atoms with E-state index in [4.69, 9.17) is 0 Å². The van der Waals surface area contributed by atoms with E-state index >= 15 is 0 Å². The molecule has 0 bridgehead atoms. The van der Waals surface area contributed by atoms with Crippen molar-refractivity contribution in [3.05, 3.63) is 11.6 Å². The molecular weight excluding hydrogens is 144 g/mol. The first-order chi connectivity index (χ1) is 5.77. The third-order valence-electron chi connectivity index (χ3n) is 3.21. The Balaban J connectivity index is 2.53. The molecule has 0 radical (unpaired) electrons. The van der Waals surface area contributed by atoms with E-state index in [0.717, 1.165) is 11.8 Å². The minimum atomic E-state index is 0.868. The molecule has 0 nitrogen and oxygen atoms in total. The van der Waals surface area contributed by atoms with E-state index < -0.39 is 0 Å². The van der Waals surface area contributed by atoms with Crippen LogP contribution in [0, 0.1) is 11.8 Å². The molecule has 0 spiro atoms. The fourth-order valence-corrected chi connectivity index (χ4v) is 2.20. The second-order valence-corrected chi connectivity index (χ2v) is 4.14. The van der Waals surface area contributed by atoms with Crippen LogP contribution in [-0.2, 0) is 0 Å². The highest BCUT2D eigenvalue weighted by Gasteiger charge is 2.20. The summed E-state index contributed by atoms with van der Waals surface area (Å²) in [6.07, 6.45) is 9.30. The highest BCUT2D eigenvalue weighted by Crippen LogP contribution is 2.34. The van der Waals surface area contributed by atoms with Crippen molar-refractivity contribution in [3.8, 4) is 0 Å². The molecule has 1 aliphatic rings. The minimum Gasteiger partial charge on any atom is -0.0853 e. The summed E-state index contributed by atoms with van der Waals surface area (Å²) in [4.78, 5) is 0. The van der Waals surface area contributed by atoms with E-state index in [-0.39, 0.29) is 0 Å². The van der Waals surface area contributed by atoms with Crippen molar-refractivity contribution in [2.45, 2.75) is 52.9 Å². The zero-order valence-electron chi connectivity index (χ0n) is 8.77. The summed E-state index contributed by atoms with van der Waals surface area (Å²) in [5.74, 6) is 1.85. The lowest BCUT2D eigenvalue weighted by Crippen LogP contribution is -2.14. The Labute approximate surface area is 77.1 Å². The van der Waals surface area contributed by atoms with Crippen LogP contribution in [0.1, 0.15) is 52.9 Å². The molecule has 1 aliphatic carbocycles. The molecule has 0 N–H and O–H groups in total. The van der Waals surface area contributed by atoms with E-state index in [1.54, 1.807) is 5.57 Å². The Hall–Kier alpha value is -0.260. The van der Waals surface area contributed by atoms with Gasteiger partial charge in [-0.15, -0.1) is 0 Å². The highest BCUT2D eigenvalue weighted by molar-refractivity contribution is 5.09. The van der Waals surface area contributed by atoms with Crippen molar-refractivity contribution in [2.24, 2.45) is 11.8 Å². The van der Waals surface area contributed by atoms with Gasteiger partial charge in [-0.05, 0) is 37.5 Å². The van der Waals surface area contributed by atoms with Gasteiger partial charge in [-0.3, -0.25) is 0 Å². The Morgan fingerprint density at radius 1 is 1.33 bits per heavy atom. The van der Waals surface area contributed by atoms with Gasteiger partial charge in [0.1, 0.15) is 0 Å². The average Bonchev–Trinajstić information content (AvgIpc) is 2.09. The standard InChI is InChI=1S/C12H22/c1-4-6-12-9-11(5-2)8-7-10(12)3/h6,10-11H,4-5,7-9H2,1-3H3/b12-6-. The van der Waals surface area contributed by atoms with Crippen LogP contribution in [0.25, 0.3) is 0 Å². The predicted molar refractivity (Wildman–Crippen MR) is 55.2 cm³/mol. The highest BCUT2D eigenvalue weighted by atomic mass is 14.3. The van der Waals surface area contributed by atoms with Gasteiger partial charge in [0.15, 0.2) is 0 Å². The maximum absolute atomic E-state index is 2.45. The van der Waals surface area contributed by atoms with E-state index in [9.17, 15) is 0 Å². The van der Waals surface area contributed by atoms with E-state index in [1.165, 1.54) is 32.1 Å². The summed E-state index contributed by atoms with van der Waals surface area (Å²) in [5, 5.41) is 0. The molecule has 0 aromatic rings. The van der Waals surface area contributed by atoms with Crippen LogP contribution in [0.3, 0.4) is 0 Å². The summed E-state index contributed by atoms with van der Waals surface area (Å²) < 4.78 is 0. The number of hydrogen-bond acceptors (Lipinski definition) is 0. The van der Waals surface area contributed by atoms with Crippen molar-refractivity contribution in [2.75, 3.05) is 0 Å². The van der Waals surface area contributed by atoms with Gasteiger partial charge in [-0.1, -0.05) is 38.8 Å². The molecule has 70 valence electrons. The van der Waals surface area contributed by atoms with Gasteiger partial charge in [0.2, 0.25) is 0 Å². The topological polar surface area (TPSA) is 0 Å². The van der Waals surface area contributed by atoms with Gasteiger partial charge < -0.3 is 0 Å². The zero-order valence-corrected chi connectivity index (χ0v) is 8.77. The van der Waals surface area contributed by atoms with Crippen LogP contribution in [0.4, 0.5) is 0 Å². The molecule has 0 amide bonds. The van der Waals surface area contributed by atoms with Crippen molar-refractivity contribution in [1.82, 2.24) is 0 Å². The SMILES string of the molecule is CC/C=C1/CC(CC)CCC1C. The lowest BCUT2D eigenvalue weighted by Gasteiger charge is -2.28. The Morgan fingerprint density at radius 2 is 2.08 bits per heavy atom. The van der Waals surface area contributed by atoms with Gasteiger partial charge in [0, 0.05) is 0 Å². The van der Waals surface area contributed by atoms with E-state index in [1.807, 2.05) is 0 Å². The summed E-state index contributed by atoms with van der Waals surface area (Å²) in [7, 11) is 0. The molecule has 0 aromatic carbocycles. The van der Waals surface area contributed by atoms with Gasteiger partial charge in [-0.2, -0.15) is 0 Å². The Morgan fingerprint density at radius 3 is 2.67 bits per heavy atom. The van der Waals surface area contributed by atoms with Crippen LogP contribution in [0.2, 0.25) is 0 Å². The molecule has 12 heavy (non-hydrogen) atoms. The predicted octanol–water partition coefficient (Wildman–Crippen LogP) is 4.17. The fourth-order valence-electron chi connectivity index (χ4n) is 2.20. The molecule has 0 aromatic heterocycles. The summed E-state index contributed by atoms with van der Waals surface area (Å²) >= 11 is 0. The average molecular weight is 166 g/mol. The number of rotatable bonds is 2. The van der Waals surface area contributed by atoms with Crippen LogP contribution in [0.15, 0.2) is 11.6 Å². The van der Waals surface area contributed by atoms with Crippen molar-refractivity contribution in [1.29, 1.82) is 0 Å². The van der Waals surface area contributed by atoms with E-state index in [2.05, 4.69) is 26.8 Å². The fraction of sp³-hybridized carbons (Fsp3) is 0.833. The number of hydrogen-bond donors (Lipinski definition) is 0. The number of allylic oxidation sites excluding steroid dienone is 2. The maximum atomic E-state index is 2.45. The van der Waals surface area contributed by atoms with Gasteiger partial charge in [0.25, 0.3) is 0 Å². The Bertz CT molecular complexity index is 155. The van der Waals surface area contributed by atoms with Gasteiger partial charge in [0.05, 0.1) is 0 Å². The third kappa shape index (κ3) is 2.36. The first kappa shape index (κ1) is 9.83. The Kier molecular flexibility index (Phi) is 3.84. The molecule has 2 atom stereocenters. The summed E-state index contributed by atoms with van der Waals surface area (Å²) in [6.45, 7) is 6.95.